The number of H-pyrrole nitrogens is 1. The van der Waals surface area contributed by atoms with Crippen LogP contribution in [-0.2, 0) is 9.53 Å². The first-order valence-corrected chi connectivity index (χ1v) is 11.6. The summed E-state index contributed by atoms with van der Waals surface area (Å²) in [6, 6.07) is 8.54. The number of rotatable bonds is 9. The lowest BCUT2D eigenvalue weighted by atomic mass is 9.82. The molecule has 1 fully saturated rings. The Kier molecular flexibility index (Phi) is 8.33. The van der Waals surface area contributed by atoms with Gasteiger partial charge in [0.2, 0.25) is 5.88 Å². The number of halogens is 1. The van der Waals surface area contributed by atoms with Gasteiger partial charge in [0.05, 0.1) is 12.3 Å². The van der Waals surface area contributed by atoms with E-state index in [1.807, 2.05) is 13.8 Å². The van der Waals surface area contributed by atoms with Crippen molar-refractivity contribution in [2.24, 2.45) is 5.92 Å². The predicted molar refractivity (Wildman–Crippen MR) is 119 cm³/mol. The fourth-order valence-corrected chi connectivity index (χ4v) is 4.28. The zero-order valence-electron chi connectivity index (χ0n) is 17.7. The molecular weight excluding hydrogens is 448 g/mol. The van der Waals surface area contributed by atoms with Gasteiger partial charge >= 0.3 is 5.97 Å². The van der Waals surface area contributed by atoms with Crippen LogP contribution in [0.3, 0.4) is 0 Å². The van der Waals surface area contributed by atoms with Gasteiger partial charge in [0.25, 0.3) is 0 Å². The largest absolute Gasteiger partial charge is 0.475 e. The number of aliphatic hydroxyl groups is 1. The zero-order valence-corrected chi connectivity index (χ0v) is 19.3. The molecule has 1 aromatic heterocycles. The van der Waals surface area contributed by atoms with Gasteiger partial charge in [-0.25, -0.2) is 0 Å². The van der Waals surface area contributed by atoms with Gasteiger partial charge < -0.3 is 14.6 Å². The highest BCUT2D eigenvalue weighted by Gasteiger charge is 2.25. The number of aromatic nitrogens is 2. The number of aliphatic hydroxyl groups excluding tert-OH is 1. The summed E-state index contributed by atoms with van der Waals surface area (Å²) in [4.78, 5) is 11.7. The molecule has 0 radical (unpaired) electrons. The Morgan fingerprint density at radius 2 is 1.97 bits per heavy atom. The zero-order chi connectivity index (χ0) is 21.5. The van der Waals surface area contributed by atoms with Crippen LogP contribution in [0.15, 0.2) is 28.7 Å². The molecule has 0 amide bonds. The van der Waals surface area contributed by atoms with Crippen molar-refractivity contribution in [3.05, 3.63) is 34.3 Å². The first-order valence-electron chi connectivity index (χ1n) is 10.8. The monoisotopic (exact) mass is 478 g/mol. The Morgan fingerprint density at radius 1 is 1.27 bits per heavy atom. The molecule has 6 nitrogen and oxygen atoms in total. The van der Waals surface area contributed by atoms with Gasteiger partial charge in [-0.05, 0) is 59.5 Å². The topological polar surface area (TPSA) is 84.4 Å². The minimum atomic E-state index is -0.0652. The van der Waals surface area contributed by atoms with Crippen molar-refractivity contribution in [3.8, 4) is 17.1 Å². The van der Waals surface area contributed by atoms with Crippen molar-refractivity contribution in [2.75, 3.05) is 13.2 Å². The van der Waals surface area contributed by atoms with Crippen LogP contribution in [0.1, 0.15) is 63.9 Å². The average Bonchev–Trinajstić information content (AvgIpc) is 3.13. The lowest BCUT2D eigenvalue weighted by Gasteiger charge is -2.28. The molecular formula is C23H31BrN2O4. The van der Waals surface area contributed by atoms with Crippen molar-refractivity contribution in [3.63, 3.8) is 0 Å². The average molecular weight is 479 g/mol. The Labute approximate surface area is 186 Å². The lowest BCUT2D eigenvalue weighted by molar-refractivity contribution is -0.150. The number of ether oxygens (including phenoxy) is 2. The maximum atomic E-state index is 11.7. The number of nitrogens with one attached hydrogen (secondary N) is 1. The number of hydrogen-bond acceptors (Lipinski definition) is 5. The summed E-state index contributed by atoms with van der Waals surface area (Å²) in [6.07, 6.45) is 5.37. The van der Waals surface area contributed by atoms with Crippen LogP contribution < -0.4 is 4.74 Å². The van der Waals surface area contributed by atoms with Gasteiger partial charge in [0.1, 0.15) is 10.6 Å². The van der Waals surface area contributed by atoms with E-state index in [0.29, 0.717) is 24.8 Å². The molecule has 1 aliphatic rings. The molecule has 2 N–H and O–H groups in total. The first kappa shape index (κ1) is 22.8. The van der Waals surface area contributed by atoms with E-state index < -0.39 is 0 Å². The smallest absolute Gasteiger partial charge is 0.306 e. The summed E-state index contributed by atoms with van der Waals surface area (Å²) < 4.78 is 12.0. The SMILES string of the molecule is CCCC(=O)OC1CCC(c2ccc(-c3[nH]nc(OC[C@H](C)CO)c3Br)cc2)CC1. The molecule has 0 spiro atoms. The third-order valence-corrected chi connectivity index (χ3v) is 6.33. The van der Waals surface area contributed by atoms with E-state index in [-0.39, 0.29) is 24.6 Å². The second-order valence-corrected chi connectivity index (χ2v) is 8.94. The van der Waals surface area contributed by atoms with Crippen LogP contribution in [0.5, 0.6) is 5.88 Å². The van der Waals surface area contributed by atoms with Crippen molar-refractivity contribution in [1.82, 2.24) is 10.2 Å². The van der Waals surface area contributed by atoms with Gasteiger partial charge in [0.15, 0.2) is 0 Å². The standard InChI is InChI=1S/C23H31BrN2O4/c1-3-4-20(28)30-19-11-9-17(10-12-19)16-5-7-18(8-6-16)22-21(24)23(26-25-22)29-14-15(2)13-27/h5-8,15,17,19,27H,3-4,9-14H2,1-2H3,(H,25,26)/t15-,17?,19?/m1/s1. The highest BCUT2D eigenvalue weighted by molar-refractivity contribution is 9.10. The molecule has 1 aliphatic carbocycles. The molecule has 7 heteroatoms. The van der Waals surface area contributed by atoms with Gasteiger partial charge in [0, 0.05) is 24.5 Å². The molecule has 0 bridgehead atoms. The molecule has 0 unspecified atom stereocenters. The fourth-order valence-electron chi connectivity index (χ4n) is 3.76. The number of esters is 1. The normalized spacial score (nSPS) is 20.0. The van der Waals surface area contributed by atoms with Gasteiger partial charge in [-0.1, -0.05) is 38.1 Å². The third-order valence-electron chi connectivity index (χ3n) is 5.59. The molecule has 1 saturated carbocycles. The van der Waals surface area contributed by atoms with Crippen molar-refractivity contribution in [2.45, 2.75) is 64.4 Å². The summed E-state index contributed by atoms with van der Waals surface area (Å²) in [5, 5.41) is 16.4. The predicted octanol–water partition coefficient (Wildman–Crippen LogP) is 5.22. The molecule has 2 aromatic rings. The molecule has 30 heavy (non-hydrogen) atoms. The Morgan fingerprint density at radius 3 is 2.60 bits per heavy atom. The lowest BCUT2D eigenvalue weighted by Crippen LogP contribution is -2.23. The maximum absolute atomic E-state index is 11.7. The summed E-state index contributed by atoms with van der Waals surface area (Å²) >= 11 is 3.57. The number of benzene rings is 1. The minimum absolute atomic E-state index is 0.0570. The summed E-state index contributed by atoms with van der Waals surface area (Å²) in [7, 11) is 0. The molecule has 0 aliphatic heterocycles. The van der Waals surface area contributed by atoms with Crippen LogP contribution in [0.25, 0.3) is 11.3 Å². The minimum Gasteiger partial charge on any atom is -0.475 e. The third kappa shape index (κ3) is 5.85. The van der Waals surface area contributed by atoms with E-state index in [2.05, 4.69) is 50.4 Å². The highest BCUT2D eigenvalue weighted by Crippen LogP contribution is 2.37. The molecule has 1 aromatic carbocycles. The van der Waals surface area contributed by atoms with Gasteiger partial charge in [-0.15, -0.1) is 5.10 Å². The number of carbonyl (C=O) groups excluding carboxylic acids is 1. The van der Waals surface area contributed by atoms with Crippen LogP contribution in [0.4, 0.5) is 0 Å². The molecule has 0 saturated heterocycles. The van der Waals surface area contributed by atoms with E-state index in [4.69, 9.17) is 14.6 Å². The maximum Gasteiger partial charge on any atom is 0.306 e. The van der Waals surface area contributed by atoms with Crippen molar-refractivity contribution >= 4 is 21.9 Å². The Balaban J connectivity index is 1.57. The van der Waals surface area contributed by atoms with Crippen LogP contribution >= 0.6 is 15.9 Å². The number of nitrogens with zero attached hydrogens (tertiary/aromatic N) is 1. The Hall–Kier alpha value is -1.86. The number of hydrogen-bond donors (Lipinski definition) is 2. The molecule has 164 valence electrons. The molecule has 3 rings (SSSR count). The van der Waals surface area contributed by atoms with E-state index in [0.717, 1.165) is 47.8 Å². The summed E-state index contributed by atoms with van der Waals surface area (Å²) in [5.74, 6) is 1.00. The number of aromatic amines is 1. The van der Waals surface area contributed by atoms with E-state index in [9.17, 15) is 4.79 Å². The quantitative estimate of drug-likeness (QED) is 0.482. The second-order valence-electron chi connectivity index (χ2n) is 8.15. The van der Waals surface area contributed by atoms with Gasteiger partial charge in [-0.3, -0.25) is 9.89 Å². The van der Waals surface area contributed by atoms with Crippen LogP contribution in [0.2, 0.25) is 0 Å². The van der Waals surface area contributed by atoms with E-state index >= 15 is 0 Å². The fraction of sp³-hybridized carbons (Fsp3) is 0.565. The van der Waals surface area contributed by atoms with Gasteiger partial charge in [-0.2, -0.15) is 0 Å². The summed E-state index contributed by atoms with van der Waals surface area (Å²) in [6.45, 7) is 4.41. The van der Waals surface area contributed by atoms with E-state index in [1.165, 1.54) is 5.56 Å². The Bertz CT molecular complexity index is 813. The van der Waals surface area contributed by atoms with Crippen LogP contribution in [0, 0.1) is 5.92 Å². The van der Waals surface area contributed by atoms with Crippen LogP contribution in [-0.4, -0.2) is 40.6 Å². The molecule has 1 heterocycles. The summed E-state index contributed by atoms with van der Waals surface area (Å²) in [5.41, 5.74) is 3.23. The molecule has 1 atom stereocenters. The second kappa shape index (κ2) is 11.0. The first-order chi connectivity index (χ1) is 14.5. The van der Waals surface area contributed by atoms with E-state index in [1.54, 1.807) is 0 Å². The van der Waals surface area contributed by atoms with Crippen molar-refractivity contribution in [1.29, 1.82) is 0 Å². The highest BCUT2D eigenvalue weighted by atomic mass is 79.9. The van der Waals surface area contributed by atoms with Crippen molar-refractivity contribution < 1.29 is 19.4 Å². The number of carbonyl (C=O) groups is 1.